The molecule has 1 N–H and O–H groups in total. The van der Waals surface area contributed by atoms with E-state index >= 15 is 0 Å². The number of carbonyl (C=O) groups is 1. The zero-order valence-corrected chi connectivity index (χ0v) is 8.99. The summed E-state index contributed by atoms with van der Waals surface area (Å²) >= 11 is 0. The van der Waals surface area contributed by atoms with Gasteiger partial charge in [0.2, 0.25) is 5.91 Å². The first kappa shape index (κ1) is 12.7. The molecule has 0 radical (unpaired) electrons. The number of hydrogen-bond acceptors (Lipinski definition) is 1. The second-order valence-electron chi connectivity index (χ2n) is 2.83. The van der Waals surface area contributed by atoms with E-state index in [4.69, 9.17) is 0 Å². The first-order chi connectivity index (χ1) is 6.81. The van der Waals surface area contributed by atoms with E-state index in [2.05, 4.69) is 11.4 Å². The smallest absolute Gasteiger partial charge is 0.243 e. The van der Waals surface area contributed by atoms with Crippen LogP contribution in [-0.2, 0) is 4.79 Å². The molecule has 0 spiro atoms. The molecule has 0 aliphatic rings. The highest BCUT2D eigenvalue weighted by atomic mass is 16.1. The van der Waals surface area contributed by atoms with Crippen LogP contribution in [0.25, 0.3) is 0 Å². The summed E-state index contributed by atoms with van der Waals surface area (Å²) in [5.74, 6) is -0.00932. The molecule has 2 heteroatoms. The van der Waals surface area contributed by atoms with Crippen molar-refractivity contribution in [3.8, 4) is 0 Å². The number of likely N-dealkylation sites (N-methyl/N-ethyl adjacent to an activating group) is 1. The second kappa shape index (κ2) is 9.78. The number of hydrogen-bond donors (Lipinski definition) is 1. The number of carbonyl (C=O) groups excluding carboxylic acids is 1. The van der Waals surface area contributed by atoms with Gasteiger partial charge in [0.05, 0.1) is 0 Å². The van der Waals surface area contributed by atoms with Crippen LogP contribution in [0, 0.1) is 0 Å². The SMILES string of the molecule is CC=CC=CCCC=CC(=O)NCC. The molecule has 0 saturated carbocycles. The molecule has 0 aromatic heterocycles. The van der Waals surface area contributed by atoms with Gasteiger partial charge in [0.1, 0.15) is 0 Å². The van der Waals surface area contributed by atoms with Crippen LogP contribution in [-0.4, -0.2) is 12.5 Å². The van der Waals surface area contributed by atoms with Gasteiger partial charge in [0.25, 0.3) is 0 Å². The van der Waals surface area contributed by atoms with Gasteiger partial charge in [-0.25, -0.2) is 0 Å². The summed E-state index contributed by atoms with van der Waals surface area (Å²) < 4.78 is 0. The quantitative estimate of drug-likeness (QED) is 0.392. The Balaban J connectivity index is 3.48. The highest BCUT2D eigenvalue weighted by molar-refractivity contribution is 5.87. The summed E-state index contributed by atoms with van der Waals surface area (Å²) in [7, 11) is 0. The summed E-state index contributed by atoms with van der Waals surface area (Å²) in [6.45, 7) is 4.58. The van der Waals surface area contributed by atoms with Crippen molar-refractivity contribution in [2.75, 3.05) is 6.54 Å². The maximum absolute atomic E-state index is 11.0. The Kier molecular flexibility index (Phi) is 8.86. The van der Waals surface area contributed by atoms with Gasteiger partial charge in [-0.1, -0.05) is 30.4 Å². The van der Waals surface area contributed by atoms with E-state index < -0.39 is 0 Å². The van der Waals surface area contributed by atoms with E-state index in [-0.39, 0.29) is 5.91 Å². The molecule has 2 nitrogen and oxygen atoms in total. The lowest BCUT2D eigenvalue weighted by Crippen LogP contribution is -2.19. The molecule has 0 rings (SSSR count). The minimum Gasteiger partial charge on any atom is -0.353 e. The Morgan fingerprint density at radius 2 is 1.93 bits per heavy atom. The molecule has 0 fully saturated rings. The molecular formula is C12H19NO. The Bertz CT molecular complexity index is 226. The first-order valence-electron chi connectivity index (χ1n) is 5.03. The van der Waals surface area contributed by atoms with Crippen LogP contribution >= 0.6 is 0 Å². The topological polar surface area (TPSA) is 29.1 Å². The summed E-state index contributed by atoms with van der Waals surface area (Å²) in [6, 6.07) is 0. The summed E-state index contributed by atoms with van der Waals surface area (Å²) in [4.78, 5) is 11.0. The van der Waals surface area contributed by atoms with Crippen LogP contribution in [0.15, 0.2) is 36.5 Å². The summed E-state index contributed by atoms with van der Waals surface area (Å²) in [5, 5.41) is 2.70. The maximum atomic E-state index is 11.0. The normalized spacial score (nSPS) is 11.9. The van der Waals surface area contributed by atoms with Crippen molar-refractivity contribution < 1.29 is 4.79 Å². The molecular weight excluding hydrogens is 174 g/mol. The monoisotopic (exact) mass is 193 g/mol. The Morgan fingerprint density at radius 1 is 1.21 bits per heavy atom. The predicted molar refractivity (Wildman–Crippen MR) is 61.0 cm³/mol. The molecule has 0 bridgehead atoms. The summed E-state index contributed by atoms with van der Waals surface area (Å²) in [6.07, 6.45) is 13.4. The van der Waals surface area contributed by atoms with Gasteiger partial charge in [0.15, 0.2) is 0 Å². The van der Waals surface area contributed by atoms with Crippen molar-refractivity contribution >= 4 is 5.91 Å². The molecule has 1 amide bonds. The molecule has 0 saturated heterocycles. The van der Waals surface area contributed by atoms with E-state index in [1.54, 1.807) is 6.08 Å². The van der Waals surface area contributed by atoms with Gasteiger partial charge in [0, 0.05) is 6.54 Å². The lowest BCUT2D eigenvalue weighted by Gasteiger charge is -1.93. The minimum absolute atomic E-state index is 0.00932. The minimum atomic E-state index is -0.00932. The summed E-state index contributed by atoms with van der Waals surface area (Å²) in [5.41, 5.74) is 0. The molecule has 0 aliphatic heterocycles. The molecule has 0 unspecified atom stereocenters. The van der Waals surface area contributed by atoms with Gasteiger partial charge in [-0.05, 0) is 32.8 Å². The molecule has 0 aromatic rings. The standard InChI is InChI=1S/C12H19NO/c1-3-5-6-7-8-9-10-11-12(14)13-4-2/h3,5-7,10-11H,4,8-9H2,1-2H3,(H,13,14). The van der Waals surface area contributed by atoms with Crippen LogP contribution in [0.2, 0.25) is 0 Å². The van der Waals surface area contributed by atoms with Crippen molar-refractivity contribution in [1.29, 1.82) is 0 Å². The zero-order valence-electron chi connectivity index (χ0n) is 8.99. The Morgan fingerprint density at radius 3 is 2.57 bits per heavy atom. The van der Waals surface area contributed by atoms with Crippen molar-refractivity contribution in [2.45, 2.75) is 26.7 Å². The molecule has 0 aromatic carbocycles. The van der Waals surface area contributed by atoms with E-state index in [1.807, 2.05) is 38.2 Å². The van der Waals surface area contributed by atoms with E-state index in [1.165, 1.54) is 0 Å². The van der Waals surface area contributed by atoms with Crippen molar-refractivity contribution in [3.05, 3.63) is 36.5 Å². The zero-order chi connectivity index (χ0) is 10.6. The molecule has 0 aliphatic carbocycles. The fourth-order valence-corrected chi connectivity index (χ4v) is 0.902. The van der Waals surface area contributed by atoms with Crippen LogP contribution in [0.3, 0.4) is 0 Å². The van der Waals surface area contributed by atoms with Crippen LogP contribution in [0.5, 0.6) is 0 Å². The number of nitrogens with one attached hydrogen (secondary N) is 1. The van der Waals surface area contributed by atoms with E-state index in [9.17, 15) is 4.79 Å². The molecule has 0 heterocycles. The van der Waals surface area contributed by atoms with Crippen LogP contribution < -0.4 is 5.32 Å². The highest BCUT2D eigenvalue weighted by Gasteiger charge is 1.88. The average Bonchev–Trinajstić information content (AvgIpc) is 2.17. The average molecular weight is 193 g/mol. The van der Waals surface area contributed by atoms with E-state index in [0.29, 0.717) is 6.54 Å². The highest BCUT2D eigenvalue weighted by Crippen LogP contribution is 1.93. The Hall–Kier alpha value is -1.31. The van der Waals surface area contributed by atoms with Gasteiger partial charge in [-0.2, -0.15) is 0 Å². The van der Waals surface area contributed by atoms with Crippen molar-refractivity contribution in [1.82, 2.24) is 5.32 Å². The van der Waals surface area contributed by atoms with E-state index in [0.717, 1.165) is 12.8 Å². The van der Waals surface area contributed by atoms with Crippen LogP contribution in [0.1, 0.15) is 26.7 Å². The fourth-order valence-electron chi connectivity index (χ4n) is 0.902. The molecule has 0 atom stereocenters. The molecule has 78 valence electrons. The number of amides is 1. The third-order valence-corrected chi connectivity index (χ3v) is 1.56. The van der Waals surface area contributed by atoms with Crippen LogP contribution in [0.4, 0.5) is 0 Å². The van der Waals surface area contributed by atoms with Gasteiger partial charge >= 0.3 is 0 Å². The Labute approximate surface area is 86.4 Å². The number of unbranched alkanes of at least 4 members (excludes halogenated alkanes) is 1. The maximum Gasteiger partial charge on any atom is 0.243 e. The fraction of sp³-hybridized carbons (Fsp3) is 0.417. The first-order valence-corrected chi connectivity index (χ1v) is 5.03. The third-order valence-electron chi connectivity index (χ3n) is 1.56. The second-order valence-corrected chi connectivity index (χ2v) is 2.83. The van der Waals surface area contributed by atoms with Gasteiger partial charge < -0.3 is 5.32 Å². The van der Waals surface area contributed by atoms with Gasteiger partial charge in [-0.15, -0.1) is 0 Å². The molecule has 14 heavy (non-hydrogen) atoms. The number of rotatable bonds is 6. The lowest BCUT2D eigenvalue weighted by molar-refractivity contribution is -0.116. The van der Waals surface area contributed by atoms with Crippen molar-refractivity contribution in [3.63, 3.8) is 0 Å². The van der Waals surface area contributed by atoms with Gasteiger partial charge in [-0.3, -0.25) is 4.79 Å². The number of allylic oxidation sites excluding steroid dienone is 5. The van der Waals surface area contributed by atoms with Crippen molar-refractivity contribution in [2.24, 2.45) is 0 Å². The lowest BCUT2D eigenvalue weighted by atomic mass is 10.2. The third kappa shape index (κ3) is 8.78. The predicted octanol–water partition coefficient (Wildman–Crippen LogP) is 2.59. The largest absolute Gasteiger partial charge is 0.353 e.